The van der Waals surface area contributed by atoms with Crippen molar-refractivity contribution in [1.82, 2.24) is 4.57 Å². The van der Waals surface area contributed by atoms with E-state index in [0.29, 0.717) is 0 Å². The van der Waals surface area contributed by atoms with Crippen molar-refractivity contribution in [3.8, 4) is 39.1 Å². The lowest BCUT2D eigenvalue weighted by molar-refractivity contribution is 1.18. The van der Waals surface area contributed by atoms with Crippen LogP contribution >= 0.6 is 0 Å². The molecule has 0 saturated heterocycles. The fourth-order valence-electron chi connectivity index (χ4n) is 8.04. The number of fused-ring (bicyclic) bond motifs is 5. The number of para-hydroxylation sites is 1. The number of benzene rings is 9. The summed E-state index contributed by atoms with van der Waals surface area (Å²) >= 11 is 0. The zero-order valence-electron chi connectivity index (χ0n) is 29.7. The number of anilines is 3. The van der Waals surface area contributed by atoms with Gasteiger partial charge in [0.05, 0.1) is 11.0 Å². The molecule has 0 fully saturated rings. The van der Waals surface area contributed by atoms with Gasteiger partial charge in [-0.2, -0.15) is 0 Å². The Labute approximate surface area is 315 Å². The first-order valence-corrected chi connectivity index (χ1v) is 18.5. The summed E-state index contributed by atoms with van der Waals surface area (Å²) in [6, 6.07) is 78.9. The molecule has 0 saturated carbocycles. The molecule has 2 heteroatoms. The molecule has 10 rings (SSSR count). The summed E-state index contributed by atoms with van der Waals surface area (Å²) in [4.78, 5) is 2.39. The third-order valence-electron chi connectivity index (χ3n) is 10.5. The van der Waals surface area contributed by atoms with Crippen molar-refractivity contribution in [3.63, 3.8) is 0 Å². The van der Waals surface area contributed by atoms with Gasteiger partial charge in [-0.1, -0.05) is 164 Å². The summed E-state index contributed by atoms with van der Waals surface area (Å²) in [6.45, 7) is 0. The summed E-state index contributed by atoms with van der Waals surface area (Å²) in [5, 5.41) is 4.94. The summed E-state index contributed by atoms with van der Waals surface area (Å²) in [5.41, 5.74) is 14.0. The van der Waals surface area contributed by atoms with Gasteiger partial charge in [-0.25, -0.2) is 0 Å². The molecule has 2 nitrogen and oxygen atoms in total. The van der Waals surface area contributed by atoms with Crippen LogP contribution in [0.25, 0.3) is 71.6 Å². The molecule has 0 radical (unpaired) electrons. The summed E-state index contributed by atoms with van der Waals surface area (Å²) in [7, 11) is 0. The second-order valence-electron chi connectivity index (χ2n) is 13.8. The van der Waals surface area contributed by atoms with Crippen LogP contribution in [0.3, 0.4) is 0 Å². The standard InChI is InChI=1S/C52H36N2/c1-5-16-37(17-6-1)39-28-30-44(31-29-39)53(45-26-15-23-41(34-45)38-18-7-2-8-19-38)46-32-33-48-50(36-46)54(43-24-11-4-12-25-43)52-47-27-14-13-22-42(47)35-49(51(48)52)40-20-9-3-10-21-40/h1-36H. The molecule has 1 aromatic heterocycles. The Morgan fingerprint density at radius 2 is 0.870 bits per heavy atom. The molecule has 0 unspecified atom stereocenters. The minimum absolute atomic E-state index is 1.09. The monoisotopic (exact) mass is 688 g/mol. The van der Waals surface area contributed by atoms with Crippen molar-refractivity contribution in [3.05, 3.63) is 218 Å². The second kappa shape index (κ2) is 13.4. The van der Waals surface area contributed by atoms with Crippen LogP contribution in [0.15, 0.2) is 218 Å². The Hall–Kier alpha value is -7.16. The quantitative estimate of drug-likeness (QED) is 0.162. The molecule has 0 bridgehead atoms. The van der Waals surface area contributed by atoms with E-state index < -0.39 is 0 Å². The number of rotatable bonds is 7. The van der Waals surface area contributed by atoms with Crippen molar-refractivity contribution >= 4 is 49.6 Å². The Kier molecular flexibility index (Phi) is 7.85. The fourth-order valence-corrected chi connectivity index (χ4v) is 8.04. The van der Waals surface area contributed by atoms with E-state index in [2.05, 4.69) is 228 Å². The highest BCUT2D eigenvalue weighted by atomic mass is 15.1. The van der Waals surface area contributed by atoms with Crippen LogP contribution in [0.1, 0.15) is 0 Å². The number of hydrogen-bond acceptors (Lipinski definition) is 1. The molecule has 0 atom stereocenters. The van der Waals surface area contributed by atoms with Gasteiger partial charge in [0.15, 0.2) is 0 Å². The first-order valence-electron chi connectivity index (χ1n) is 18.5. The van der Waals surface area contributed by atoms with Crippen molar-refractivity contribution in [1.29, 1.82) is 0 Å². The molecule has 0 aliphatic heterocycles. The molecule has 0 spiro atoms. The van der Waals surface area contributed by atoms with E-state index in [-0.39, 0.29) is 0 Å². The van der Waals surface area contributed by atoms with Gasteiger partial charge >= 0.3 is 0 Å². The minimum Gasteiger partial charge on any atom is -0.310 e. The highest BCUT2D eigenvalue weighted by molar-refractivity contribution is 6.24. The summed E-state index contributed by atoms with van der Waals surface area (Å²) in [5.74, 6) is 0. The average molecular weight is 689 g/mol. The number of aromatic nitrogens is 1. The van der Waals surface area contributed by atoms with Crippen molar-refractivity contribution in [2.45, 2.75) is 0 Å². The van der Waals surface area contributed by atoms with Crippen molar-refractivity contribution in [2.24, 2.45) is 0 Å². The highest BCUT2D eigenvalue weighted by Crippen LogP contribution is 2.45. The molecule has 254 valence electrons. The van der Waals surface area contributed by atoms with Crippen LogP contribution in [0, 0.1) is 0 Å². The topological polar surface area (TPSA) is 8.17 Å². The Morgan fingerprint density at radius 3 is 1.57 bits per heavy atom. The summed E-state index contributed by atoms with van der Waals surface area (Å²) < 4.78 is 2.47. The van der Waals surface area contributed by atoms with E-state index in [9.17, 15) is 0 Å². The summed E-state index contributed by atoms with van der Waals surface area (Å²) in [6.07, 6.45) is 0. The largest absolute Gasteiger partial charge is 0.310 e. The maximum absolute atomic E-state index is 2.47. The molecule has 10 aromatic rings. The van der Waals surface area contributed by atoms with E-state index in [1.807, 2.05) is 0 Å². The van der Waals surface area contributed by atoms with Crippen LogP contribution in [0.4, 0.5) is 17.1 Å². The van der Waals surface area contributed by atoms with Crippen molar-refractivity contribution in [2.75, 3.05) is 4.90 Å². The normalized spacial score (nSPS) is 11.3. The lowest BCUT2D eigenvalue weighted by atomic mass is 9.95. The Morgan fingerprint density at radius 1 is 0.333 bits per heavy atom. The lowest BCUT2D eigenvalue weighted by Crippen LogP contribution is -2.10. The maximum Gasteiger partial charge on any atom is 0.0625 e. The van der Waals surface area contributed by atoms with Crippen LogP contribution < -0.4 is 4.90 Å². The van der Waals surface area contributed by atoms with Crippen LogP contribution in [0.5, 0.6) is 0 Å². The third-order valence-corrected chi connectivity index (χ3v) is 10.5. The predicted octanol–water partition coefficient (Wildman–Crippen LogP) is 14.4. The molecule has 0 N–H and O–H groups in total. The molecule has 54 heavy (non-hydrogen) atoms. The van der Waals surface area contributed by atoms with Crippen LogP contribution in [-0.4, -0.2) is 4.57 Å². The van der Waals surface area contributed by atoms with Gasteiger partial charge in [-0.05, 0) is 93.4 Å². The smallest absolute Gasteiger partial charge is 0.0625 e. The first-order chi connectivity index (χ1) is 26.8. The first kappa shape index (κ1) is 31.6. The Bertz CT molecular complexity index is 2890. The predicted molar refractivity (Wildman–Crippen MR) is 229 cm³/mol. The zero-order valence-corrected chi connectivity index (χ0v) is 29.7. The molecular weight excluding hydrogens is 653 g/mol. The fraction of sp³-hybridized carbons (Fsp3) is 0. The maximum atomic E-state index is 2.47. The van der Waals surface area contributed by atoms with Gasteiger partial charge in [0.1, 0.15) is 0 Å². The number of nitrogens with zero attached hydrogens (tertiary/aromatic N) is 2. The second-order valence-corrected chi connectivity index (χ2v) is 13.8. The molecule has 1 heterocycles. The lowest BCUT2D eigenvalue weighted by Gasteiger charge is -2.26. The van der Waals surface area contributed by atoms with E-state index >= 15 is 0 Å². The van der Waals surface area contributed by atoms with Gasteiger partial charge < -0.3 is 9.47 Å². The van der Waals surface area contributed by atoms with Crippen molar-refractivity contribution < 1.29 is 0 Å². The molecule has 0 aliphatic rings. The minimum atomic E-state index is 1.09. The van der Waals surface area contributed by atoms with E-state index in [1.165, 1.54) is 60.4 Å². The molecule has 0 aliphatic carbocycles. The SMILES string of the molecule is c1ccc(-c2ccc(N(c3cccc(-c4ccccc4)c3)c3ccc4c5c(-c6ccccc6)cc6ccccc6c5n(-c5ccccc5)c4c3)cc2)cc1. The van der Waals surface area contributed by atoms with E-state index in [1.54, 1.807) is 0 Å². The zero-order chi connectivity index (χ0) is 35.8. The Balaban J connectivity index is 1.25. The van der Waals surface area contributed by atoms with Gasteiger partial charge in [0.2, 0.25) is 0 Å². The van der Waals surface area contributed by atoms with E-state index in [0.717, 1.165) is 28.3 Å². The average Bonchev–Trinajstić information content (AvgIpc) is 3.60. The molecular formula is C52H36N2. The van der Waals surface area contributed by atoms with Gasteiger partial charge in [-0.15, -0.1) is 0 Å². The molecule has 0 amide bonds. The van der Waals surface area contributed by atoms with Crippen LogP contribution in [-0.2, 0) is 0 Å². The van der Waals surface area contributed by atoms with Gasteiger partial charge in [-0.3, -0.25) is 0 Å². The van der Waals surface area contributed by atoms with Gasteiger partial charge in [0, 0.05) is 38.9 Å². The highest BCUT2D eigenvalue weighted by Gasteiger charge is 2.22. The third kappa shape index (κ3) is 5.53. The molecule has 9 aromatic carbocycles. The number of hydrogen-bond donors (Lipinski definition) is 0. The van der Waals surface area contributed by atoms with E-state index in [4.69, 9.17) is 0 Å². The van der Waals surface area contributed by atoms with Gasteiger partial charge in [0.25, 0.3) is 0 Å². The van der Waals surface area contributed by atoms with Crippen LogP contribution in [0.2, 0.25) is 0 Å².